The van der Waals surface area contributed by atoms with Gasteiger partial charge in [-0.1, -0.05) is 12.1 Å². The second-order valence-electron chi connectivity index (χ2n) is 8.58. The first-order valence-corrected chi connectivity index (χ1v) is 11.0. The summed E-state index contributed by atoms with van der Waals surface area (Å²) in [7, 11) is 2.18. The monoisotopic (exact) mass is 424 g/mol. The van der Waals surface area contributed by atoms with Gasteiger partial charge in [0.1, 0.15) is 5.82 Å². The lowest BCUT2D eigenvalue weighted by atomic mass is 9.89. The van der Waals surface area contributed by atoms with Crippen molar-refractivity contribution in [2.45, 2.75) is 25.7 Å². The minimum atomic E-state index is -0.283. The predicted molar refractivity (Wildman–Crippen MR) is 127 cm³/mol. The van der Waals surface area contributed by atoms with Gasteiger partial charge in [-0.15, -0.1) is 0 Å². The van der Waals surface area contributed by atoms with Crippen LogP contribution < -0.4 is 10.6 Å². The largest absolute Gasteiger partial charge is 0.340 e. The molecule has 5 rings (SSSR count). The fraction of sp³-hybridized carbons (Fsp3) is 0.269. The van der Waals surface area contributed by atoms with E-state index < -0.39 is 0 Å². The first-order valence-electron chi connectivity index (χ1n) is 11.0. The molecule has 6 heteroatoms. The molecule has 32 heavy (non-hydrogen) atoms. The SMILES string of the molecule is Cc1ccc(-c2cc3c(c(Nc4ccc(C5CCN(C)CC5)cc4)n2)C(=O)[N]C=C3)cn1. The number of anilines is 2. The van der Waals surface area contributed by atoms with Crippen LogP contribution in [0.15, 0.2) is 54.9 Å². The molecule has 1 aromatic carbocycles. The van der Waals surface area contributed by atoms with Crippen molar-refractivity contribution in [3.8, 4) is 11.3 Å². The fourth-order valence-electron chi connectivity index (χ4n) is 4.35. The number of aryl methyl sites for hydroxylation is 1. The van der Waals surface area contributed by atoms with Crippen LogP contribution in [-0.4, -0.2) is 40.9 Å². The molecule has 3 aromatic rings. The summed E-state index contributed by atoms with van der Waals surface area (Å²) >= 11 is 0. The molecule has 161 valence electrons. The summed E-state index contributed by atoms with van der Waals surface area (Å²) in [6.45, 7) is 4.23. The number of aromatic nitrogens is 2. The van der Waals surface area contributed by atoms with E-state index in [2.05, 4.69) is 51.8 Å². The quantitative estimate of drug-likeness (QED) is 0.655. The molecule has 0 aliphatic carbocycles. The number of nitrogens with zero attached hydrogens (tertiary/aromatic N) is 4. The van der Waals surface area contributed by atoms with E-state index in [1.807, 2.05) is 37.4 Å². The number of hydrogen-bond donors (Lipinski definition) is 1. The summed E-state index contributed by atoms with van der Waals surface area (Å²) < 4.78 is 0. The Balaban J connectivity index is 1.46. The Labute approximate surface area is 188 Å². The van der Waals surface area contributed by atoms with Crippen molar-refractivity contribution < 1.29 is 4.79 Å². The van der Waals surface area contributed by atoms with Gasteiger partial charge < -0.3 is 10.2 Å². The Morgan fingerprint density at radius 1 is 1.06 bits per heavy atom. The van der Waals surface area contributed by atoms with Crippen LogP contribution in [0.1, 0.15) is 45.9 Å². The molecule has 1 radical (unpaired) electrons. The standard InChI is InChI=1S/C26H26N5O/c1-17-3-4-21(16-28-17)23-15-20-9-12-27-26(32)24(20)25(30-23)29-22-7-5-18(6-8-22)19-10-13-31(2)14-11-19/h3-9,12,15-16,19H,10-11,13-14H2,1-2H3,(H,29,30). The summed E-state index contributed by atoms with van der Waals surface area (Å²) in [5.41, 5.74) is 6.19. The third kappa shape index (κ3) is 4.14. The van der Waals surface area contributed by atoms with E-state index in [1.54, 1.807) is 6.20 Å². The van der Waals surface area contributed by atoms with Crippen LogP contribution in [0.25, 0.3) is 17.3 Å². The number of nitrogens with one attached hydrogen (secondary N) is 1. The van der Waals surface area contributed by atoms with Crippen molar-refractivity contribution in [3.05, 3.63) is 77.2 Å². The lowest BCUT2D eigenvalue weighted by Crippen LogP contribution is -2.29. The second kappa shape index (κ2) is 8.55. The minimum absolute atomic E-state index is 0.283. The number of hydrogen-bond acceptors (Lipinski definition) is 5. The van der Waals surface area contributed by atoms with Crippen LogP contribution >= 0.6 is 0 Å². The molecule has 0 saturated carbocycles. The van der Waals surface area contributed by atoms with Gasteiger partial charge in [-0.2, -0.15) is 0 Å². The van der Waals surface area contributed by atoms with Crippen molar-refractivity contribution in [2.75, 3.05) is 25.5 Å². The van der Waals surface area contributed by atoms with Gasteiger partial charge in [-0.3, -0.25) is 9.78 Å². The molecule has 1 amide bonds. The predicted octanol–water partition coefficient (Wildman–Crippen LogP) is 4.73. The van der Waals surface area contributed by atoms with E-state index in [-0.39, 0.29) is 5.91 Å². The number of rotatable bonds is 4. The molecule has 0 bridgehead atoms. The van der Waals surface area contributed by atoms with E-state index in [9.17, 15) is 4.79 Å². The molecule has 6 nitrogen and oxygen atoms in total. The normalized spacial score (nSPS) is 16.5. The molecule has 2 aromatic heterocycles. The van der Waals surface area contributed by atoms with Gasteiger partial charge in [-0.05, 0) is 93.4 Å². The average Bonchev–Trinajstić information content (AvgIpc) is 2.80. The Bertz CT molecular complexity index is 1160. The summed E-state index contributed by atoms with van der Waals surface area (Å²) in [6, 6.07) is 14.4. The molecule has 0 atom stereocenters. The van der Waals surface area contributed by atoms with Crippen molar-refractivity contribution >= 4 is 23.5 Å². The molecular formula is C26H26N5O. The average molecular weight is 425 g/mol. The topological polar surface area (TPSA) is 72.2 Å². The first-order chi connectivity index (χ1) is 15.6. The molecule has 2 aliphatic rings. The number of amides is 1. The van der Waals surface area contributed by atoms with Crippen molar-refractivity contribution in [1.29, 1.82) is 0 Å². The Hall–Kier alpha value is -3.51. The molecule has 1 N–H and O–H groups in total. The highest BCUT2D eigenvalue weighted by molar-refractivity contribution is 6.05. The van der Waals surface area contributed by atoms with E-state index in [0.717, 1.165) is 41.3 Å². The van der Waals surface area contributed by atoms with Gasteiger partial charge in [0, 0.05) is 29.3 Å². The molecule has 4 heterocycles. The van der Waals surface area contributed by atoms with Gasteiger partial charge in [-0.25, -0.2) is 10.3 Å². The van der Waals surface area contributed by atoms with Gasteiger partial charge in [0.05, 0.1) is 11.3 Å². The van der Waals surface area contributed by atoms with E-state index in [0.29, 0.717) is 17.3 Å². The highest BCUT2D eigenvalue weighted by atomic mass is 16.1. The van der Waals surface area contributed by atoms with E-state index >= 15 is 0 Å². The minimum Gasteiger partial charge on any atom is -0.340 e. The van der Waals surface area contributed by atoms with Crippen molar-refractivity contribution in [2.24, 2.45) is 0 Å². The highest BCUT2D eigenvalue weighted by Crippen LogP contribution is 2.32. The molecule has 1 fully saturated rings. The van der Waals surface area contributed by atoms with Crippen LogP contribution in [0.5, 0.6) is 0 Å². The summed E-state index contributed by atoms with van der Waals surface area (Å²) in [5.74, 6) is 0.839. The highest BCUT2D eigenvalue weighted by Gasteiger charge is 2.23. The van der Waals surface area contributed by atoms with Crippen LogP contribution in [0.2, 0.25) is 0 Å². The first kappa shape index (κ1) is 20.4. The van der Waals surface area contributed by atoms with Crippen LogP contribution in [0, 0.1) is 6.92 Å². The second-order valence-corrected chi connectivity index (χ2v) is 8.58. The lowest BCUT2D eigenvalue weighted by Gasteiger charge is -2.29. The van der Waals surface area contributed by atoms with Crippen LogP contribution in [-0.2, 0) is 0 Å². The lowest BCUT2D eigenvalue weighted by molar-refractivity contribution is 0.0965. The number of benzene rings is 1. The number of fused-ring (bicyclic) bond motifs is 1. The molecule has 2 aliphatic heterocycles. The third-order valence-electron chi connectivity index (χ3n) is 6.28. The smallest absolute Gasteiger partial charge is 0.281 e. The zero-order valence-corrected chi connectivity index (χ0v) is 18.4. The summed E-state index contributed by atoms with van der Waals surface area (Å²) in [4.78, 5) is 24.1. The zero-order chi connectivity index (χ0) is 22.1. The Kier molecular flexibility index (Phi) is 5.45. The maximum atomic E-state index is 12.6. The summed E-state index contributed by atoms with van der Waals surface area (Å²) in [6.07, 6.45) is 7.57. The third-order valence-corrected chi connectivity index (χ3v) is 6.28. The van der Waals surface area contributed by atoms with E-state index in [1.165, 1.54) is 18.4 Å². The van der Waals surface area contributed by atoms with Crippen molar-refractivity contribution in [1.82, 2.24) is 20.2 Å². The molecule has 0 unspecified atom stereocenters. The van der Waals surface area contributed by atoms with Gasteiger partial charge in [0.15, 0.2) is 0 Å². The molecular weight excluding hydrogens is 398 g/mol. The summed E-state index contributed by atoms with van der Waals surface area (Å²) in [5, 5.41) is 7.32. The number of carbonyl (C=O) groups is 1. The van der Waals surface area contributed by atoms with Crippen molar-refractivity contribution in [3.63, 3.8) is 0 Å². The van der Waals surface area contributed by atoms with Crippen LogP contribution in [0.4, 0.5) is 11.5 Å². The number of piperidine rings is 1. The molecule has 0 spiro atoms. The van der Waals surface area contributed by atoms with Gasteiger partial charge in [0.2, 0.25) is 0 Å². The zero-order valence-electron chi connectivity index (χ0n) is 18.4. The fourth-order valence-corrected chi connectivity index (χ4v) is 4.35. The van der Waals surface area contributed by atoms with E-state index in [4.69, 9.17) is 4.98 Å². The Morgan fingerprint density at radius 2 is 1.84 bits per heavy atom. The van der Waals surface area contributed by atoms with Gasteiger partial charge in [0.25, 0.3) is 5.91 Å². The Morgan fingerprint density at radius 3 is 2.56 bits per heavy atom. The maximum Gasteiger partial charge on any atom is 0.281 e. The maximum absolute atomic E-state index is 12.6. The number of likely N-dealkylation sites (tertiary alicyclic amines) is 1. The number of pyridine rings is 2. The number of carbonyl (C=O) groups excluding carboxylic acids is 1. The van der Waals surface area contributed by atoms with Crippen LogP contribution in [0.3, 0.4) is 0 Å². The van der Waals surface area contributed by atoms with Gasteiger partial charge >= 0.3 is 0 Å². The molecule has 1 saturated heterocycles.